The van der Waals surface area contributed by atoms with Crippen LogP contribution in [0.25, 0.3) is 5.76 Å². The van der Waals surface area contributed by atoms with Gasteiger partial charge in [-0.15, -0.1) is 10.2 Å². The minimum atomic E-state index is -1.07. The Morgan fingerprint density at radius 1 is 0.932 bits per heavy atom. The van der Waals surface area contributed by atoms with Crippen LogP contribution >= 0.6 is 46.3 Å². The van der Waals surface area contributed by atoms with Crippen molar-refractivity contribution in [3.05, 3.63) is 135 Å². The van der Waals surface area contributed by atoms with Crippen molar-refractivity contribution in [3.8, 4) is 11.5 Å². The molecule has 1 unspecified atom stereocenters. The van der Waals surface area contributed by atoms with Gasteiger partial charge in [-0.1, -0.05) is 82.7 Å². The topological polar surface area (TPSA) is 92.6 Å². The number of ketones is 1. The van der Waals surface area contributed by atoms with E-state index < -0.39 is 29.3 Å². The Balaban J connectivity index is 1.39. The van der Waals surface area contributed by atoms with Gasteiger partial charge in [0, 0.05) is 21.4 Å². The first kappa shape index (κ1) is 29.8. The molecule has 1 aromatic heterocycles. The Bertz CT molecular complexity index is 1900. The van der Waals surface area contributed by atoms with E-state index in [1.807, 2.05) is 24.3 Å². The molecule has 1 aliphatic heterocycles. The van der Waals surface area contributed by atoms with Crippen LogP contribution in [0.2, 0.25) is 10.0 Å². The number of amides is 1. The minimum Gasteiger partial charge on any atom is -0.507 e. The molecule has 12 heteroatoms. The number of hydrogen-bond acceptors (Lipinski definition) is 8. The molecule has 6 rings (SSSR count). The third-order valence-electron chi connectivity index (χ3n) is 6.68. The third-order valence-corrected chi connectivity index (χ3v) is 9.37. The summed E-state index contributed by atoms with van der Waals surface area (Å²) in [5.41, 5.74) is 1.33. The Labute approximate surface area is 269 Å². The van der Waals surface area contributed by atoms with Crippen LogP contribution < -0.4 is 9.64 Å². The third kappa shape index (κ3) is 6.20. The molecule has 44 heavy (non-hydrogen) atoms. The first-order chi connectivity index (χ1) is 21.3. The number of rotatable bonds is 8. The monoisotopic (exact) mass is 663 g/mol. The highest BCUT2D eigenvalue weighted by atomic mass is 35.5. The van der Waals surface area contributed by atoms with Crippen LogP contribution in [-0.4, -0.2) is 27.0 Å². The zero-order chi connectivity index (χ0) is 30.8. The van der Waals surface area contributed by atoms with Crippen LogP contribution in [-0.2, 0) is 15.3 Å². The highest BCUT2D eigenvalue weighted by Gasteiger charge is 2.48. The number of para-hydroxylation sites is 1. The largest absolute Gasteiger partial charge is 0.507 e. The van der Waals surface area contributed by atoms with E-state index in [9.17, 15) is 19.1 Å². The first-order valence-corrected chi connectivity index (χ1v) is 15.6. The Morgan fingerprint density at radius 2 is 1.68 bits per heavy atom. The molecule has 220 valence electrons. The Morgan fingerprint density at radius 3 is 2.43 bits per heavy atom. The van der Waals surface area contributed by atoms with E-state index in [0.29, 0.717) is 37.2 Å². The molecule has 1 fully saturated rings. The number of aliphatic hydroxyl groups is 1. The molecular formula is C32H20Cl2FN3O4S2. The number of ether oxygens (including phenoxy) is 1. The number of carbonyl (C=O) groups is 2. The molecular weight excluding hydrogens is 644 g/mol. The van der Waals surface area contributed by atoms with Crippen molar-refractivity contribution in [1.29, 1.82) is 0 Å². The van der Waals surface area contributed by atoms with Crippen molar-refractivity contribution in [1.82, 2.24) is 10.2 Å². The predicted molar refractivity (Wildman–Crippen MR) is 170 cm³/mol. The van der Waals surface area contributed by atoms with Gasteiger partial charge >= 0.3 is 5.91 Å². The number of halogens is 3. The number of hydrogen-bond donors (Lipinski definition) is 1. The molecule has 7 nitrogen and oxygen atoms in total. The molecule has 0 saturated carbocycles. The average Bonchev–Trinajstić information content (AvgIpc) is 3.59. The lowest BCUT2D eigenvalue weighted by molar-refractivity contribution is -0.132. The predicted octanol–water partition coefficient (Wildman–Crippen LogP) is 8.69. The van der Waals surface area contributed by atoms with Gasteiger partial charge in [-0.25, -0.2) is 4.39 Å². The quantitative estimate of drug-likeness (QED) is 0.0583. The fourth-order valence-electron chi connectivity index (χ4n) is 4.62. The van der Waals surface area contributed by atoms with E-state index >= 15 is 0 Å². The zero-order valence-electron chi connectivity index (χ0n) is 22.5. The van der Waals surface area contributed by atoms with Gasteiger partial charge in [0.2, 0.25) is 5.13 Å². The second-order valence-corrected chi connectivity index (χ2v) is 12.6. The summed E-state index contributed by atoms with van der Waals surface area (Å²) in [5, 5.41) is 21.0. The highest BCUT2D eigenvalue weighted by Crippen LogP contribution is 2.45. The molecule has 2 heterocycles. The normalized spacial score (nSPS) is 16.0. The van der Waals surface area contributed by atoms with Crippen LogP contribution in [0.5, 0.6) is 11.5 Å². The molecule has 0 bridgehead atoms. The zero-order valence-corrected chi connectivity index (χ0v) is 25.6. The number of carbonyl (C=O) groups excluding carboxylic acids is 2. The summed E-state index contributed by atoms with van der Waals surface area (Å²) >= 11 is 14.8. The standard InChI is InChI=1S/C32H20Cl2FN3O4S2/c33-21-12-9-20(25(34)16-21)17-43-32-37-36-31(44-32)38-27(19-5-4-8-24(15-19)42-23-6-2-1-3-7-23)26(29(40)30(38)41)28(39)18-10-13-22(35)14-11-18/h1-16,27,39H,17H2/b28-26-. The van der Waals surface area contributed by atoms with E-state index in [0.717, 1.165) is 29.0 Å². The Kier molecular flexibility index (Phi) is 8.67. The summed E-state index contributed by atoms with van der Waals surface area (Å²) in [6.45, 7) is 0. The maximum Gasteiger partial charge on any atom is 0.301 e. The van der Waals surface area contributed by atoms with Gasteiger partial charge in [0.25, 0.3) is 5.78 Å². The first-order valence-electron chi connectivity index (χ1n) is 13.1. The maximum absolute atomic E-state index is 13.7. The second kappa shape index (κ2) is 12.8. The summed E-state index contributed by atoms with van der Waals surface area (Å²) in [7, 11) is 0. The van der Waals surface area contributed by atoms with Crippen LogP contribution in [0.4, 0.5) is 9.52 Å². The summed E-state index contributed by atoms with van der Waals surface area (Å²) < 4.78 is 20.2. The lowest BCUT2D eigenvalue weighted by atomic mass is 9.95. The summed E-state index contributed by atoms with van der Waals surface area (Å²) in [4.78, 5) is 28.3. The van der Waals surface area contributed by atoms with E-state index in [1.54, 1.807) is 48.5 Å². The molecule has 1 saturated heterocycles. The number of benzene rings is 4. The summed E-state index contributed by atoms with van der Waals surface area (Å²) in [6.07, 6.45) is 0. The molecule has 1 atom stereocenters. The van der Waals surface area contributed by atoms with Crippen LogP contribution in [0.1, 0.15) is 22.7 Å². The van der Waals surface area contributed by atoms with Gasteiger partial charge in [0.05, 0.1) is 11.6 Å². The number of thioether (sulfide) groups is 1. The van der Waals surface area contributed by atoms with E-state index in [2.05, 4.69) is 10.2 Å². The van der Waals surface area contributed by atoms with Crippen molar-refractivity contribution in [2.45, 2.75) is 16.1 Å². The van der Waals surface area contributed by atoms with E-state index in [1.165, 1.54) is 28.8 Å². The molecule has 5 aromatic rings. The lowest BCUT2D eigenvalue weighted by Gasteiger charge is -2.23. The summed E-state index contributed by atoms with van der Waals surface area (Å²) in [5.74, 6) is -1.24. The molecule has 4 aromatic carbocycles. The fourth-order valence-corrected chi connectivity index (χ4v) is 7.04. The van der Waals surface area contributed by atoms with Gasteiger partial charge in [0.1, 0.15) is 23.1 Å². The molecule has 0 radical (unpaired) electrons. The van der Waals surface area contributed by atoms with Crippen molar-refractivity contribution in [2.75, 3.05) is 4.90 Å². The minimum absolute atomic E-state index is 0.161. The summed E-state index contributed by atoms with van der Waals surface area (Å²) in [6, 6.07) is 25.1. The van der Waals surface area contributed by atoms with Gasteiger partial charge in [-0.05, 0) is 71.8 Å². The maximum atomic E-state index is 13.7. The van der Waals surface area contributed by atoms with Gasteiger partial charge < -0.3 is 9.84 Å². The molecule has 1 amide bonds. The number of Topliss-reactive ketones (excluding diaryl/α,β-unsaturated/α-hetero) is 1. The highest BCUT2D eigenvalue weighted by molar-refractivity contribution is 8.00. The van der Waals surface area contributed by atoms with E-state index in [-0.39, 0.29) is 16.3 Å². The molecule has 1 aliphatic rings. The SMILES string of the molecule is O=C1C(=O)N(c2nnc(SCc3ccc(Cl)cc3Cl)s2)C(c2cccc(Oc3ccccc3)c2)/C1=C(/O)c1ccc(F)cc1. The number of nitrogens with zero attached hydrogens (tertiary/aromatic N) is 3. The van der Waals surface area contributed by atoms with Crippen molar-refractivity contribution in [2.24, 2.45) is 0 Å². The molecule has 0 aliphatic carbocycles. The van der Waals surface area contributed by atoms with Crippen LogP contribution in [0.15, 0.2) is 107 Å². The fraction of sp³-hybridized carbons (Fsp3) is 0.0625. The van der Waals surface area contributed by atoms with Crippen LogP contribution in [0.3, 0.4) is 0 Å². The number of aliphatic hydroxyl groups excluding tert-OH is 1. The van der Waals surface area contributed by atoms with Gasteiger partial charge in [-0.3, -0.25) is 14.5 Å². The number of aromatic nitrogens is 2. The number of anilines is 1. The average molecular weight is 665 g/mol. The second-order valence-electron chi connectivity index (χ2n) is 9.54. The molecule has 0 spiro atoms. The Hall–Kier alpha value is -4.22. The van der Waals surface area contributed by atoms with Crippen molar-refractivity contribution < 1.29 is 23.8 Å². The van der Waals surface area contributed by atoms with Gasteiger partial charge in [-0.2, -0.15) is 0 Å². The van der Waals surface area contributed by atoms with Crippen molar-refractivity contribution >= 4 is 68.9 Å². The molecule has 1 N–H and O–H groups in total. The van der Waals surface area contributed by atoms with E-state index in [4.69, 9.17) is 27.9 Å². The smallest absolute Gasteiger partial charge is 0.301 e. The lowest BCUT2D eigenvalue weighted by Crippen LogP contribution is -2.29. The van der Waals surface area contributed by atoms with Crippen LogP contribution in [0, 0.1) is 5.82 Å². The van der Waals surface area contributed by atoms with Gasteiger partial charge in [0.15, 0.2) is 4.34 Å². The van der Waals surface area contributed by atoms with Crippen molar-refractivity contribution in [3.63, 3.8) is 0 Å².